The summed E-state index contributed by atoms with van der Waals surface area (Å²) in [6.07, 6.45) is 2.57. The number of H-pyrrole nitrogens is 1. The Morgan fingerprint density at radius 2 is 2.26 bits per heavy atom. The minimum Gasteiger partial charge on any atom is -0.497 e. The van der Waals surface area contributed by atoms with E-state index in [0.717, 1.165) is 29.7 Å². The SMILES string of the molecule is COc1ccc2[nH]c(=S)n(CCC(C)S(C)=O)c2c1. The Kier molecular flexibility index (Phi) is 4.42. The first kappa shape index (κ1) is 14.3. The second kappa shape index (κ2) is 5.88. The standard InChI is InChI=1S/C13H18N2O2S2/c1-9(19(3)16)6-7-15-12-8-10(17-2)4-5-11(12)14-13(15)18/h4-5,8-9H,6-7H2,1-3H3,(H,14,18). The first-order chi connectivity index (χ1) is 9.02. The van der Waals surface area contributed by atoms with E-state index >= 15 is 0 Å². The van der Waals surface area contributed by atoms with Crippen LogP contribution < -0.4 is 4.74 Å². The van der Waals surface area contributed by atoms with Gasteiger partial charge >= 0.3 is 0 Å². The van der Waals surface area contributed by atoms with Crippen molar-refractivity contribution in [2.75, 3.05) is 13.4 Å². The number of benzene rings is 1. The van der Waals surface area contributed by atoms with Gasteiger partial charge in [-0.25, -0.2) is 0 Å². The predicted octanol–water partition coefficient (Wildman–Crippen LogP) is 2.86. The highest BCUT2D eigenvalue weighted by atomic mass is 32.2. The highest BCUT2D eigenvalue weighted by molar-refractivity contribution is 7.84. The molecule has 0 aliphatic heterocycles. The number of nitrogens with zero attached hydrogens (tertiary/aromatic N) is 1. The zero-order valence-electron chi connectivity index (χ0n) is 11.3. The average molecular weight is 298 g/mol. The van der Waals surface area contributed by atoms with Gasteiger partial charge in [0.15, 0.2) is 4.77 Å². The van der Waals surface area contributed by atoms with Crippen LogP contribution in [0.15, 0.2) is 18.2 Å². The van der Waals surface area contributed by atoms with E-state index < -0.39 is 10.8 Å². The third kappa shape index (κ3) is 3.06. The fourth-order valence-electron chi connectivity index (χ4n) is 1.96. The molecule has 1 N–H and O–H groups in total. The first-order valence-electron chi connectivity index (χ1n) is 6.11. The highest BCUT2D eigenvalue weighted by Gasteiger charge is 2.10. The maximum Gasteiger partial charge on any atom is 0.178 e. The fraction of sp³-hybridized carbons (Fsp3) is 0.462. The maximum atomic E-state index is 11.4. The molecule has 2 atom stereocenters. The number of methoxy groups -OCH3 is 1. The van der Waals surface area contributed by atoms with Crippen LogP contribution in [-0.4, -0.2) is 32.4 Å². The van der Waals surface area contributed by atoms with Gasteiger partial charge in [-0.3, -0.25) is 4.21 Å². The van der Waals surface area contributed by atoms with Gasteiger partial charge < -0.3 is 14.3 Å². The lowest BCUT2D eigenvalue weighted by molar-refractivity contribution is 0.415. The number of aromatic nitrogens is 2. The number of aromatic amines is 1. The van der Waals surface area contributed by atoms with E-state index in [1.54, 1.807) is 13.4 Å². The lowest BCUT2D eigenvalue weighted by Gasteiger charge is -2.09. The van der Waals surface area contributed by atoms with Crippen molar-refractivity contribution >= 4 is 34.1 Å². The minimum atomic E-state index is -0.800. The van der Waals surface area contributed by atoms with Crippen molar-refractivity contribution in [1.29, 1.82) is 0 Å². The molecule has 2 rings (SSSR count). The molecule has 6 heteroatoms. The zero-order chi connectivity index (χ0) is 14.0. The van der Waals surface area contributed by atoms with Crippen molar-refractivity contribution in [3.05, 3.63) is 23.0 Å². The molecule has 19 heavy (non-hydrogen) atoms. The molecule has 104 valence electrons. The zero-order valence-corrected chi connectivity index (χ0v) is 12.9. The second-order valence-corrected chi connectivity index (χ2v) is 6.75. The van der Waals surface area contributed by atoms with Crippen LogP contribution in [-0.2, 0) is 17.3 Å². The summed E-state index contributed by atoms with van der Waals surface area (Å²) in [6, 6.07) is 5.83. The van der Waals surface area contributed by atoms with Crippen molar-refractivity contribution < 1.29 is 8.95 Å². The van der Waals surface area contributed by atoms with Gasteiger partial charge in [-0.05, 0) is 30.8 Å². The van der Waals surface area contributed by atoms with Crippen LogP contribution in [0.1, 0.15) is 13.3 Å². The Morgan fingerprint density at radius 1 is 1.53 bits per heavy atom. The van der Waals surface area contributed by atoms with Crippen molar-refractivity contribution in [2.24, 2.45) is 0 Å². The molecule has 1 aromatic carbocycles. The number of ether oxygens (including phenoxy) is 1. The molecule has 0 amide bonds. The van der Waals surface area contributed by atoms with Crippen LogP contribution in [0.2, 0.25) is 0 Å². The molecule has 4 nitrogen and oxygen atoms in total. The molecule has 2 unspecified atom stereocenters. The van der Waals surface area contributed by atoms with E-state index in [2.05, 4.69) is 4.98 Å². The largest absolute Gasteiger partial charge is 0.497 e. The number of imidazole rings is 1. The number of hydrogen-bond acceptors (Lipinski definition) is 3. The van der Waals surface area contributed by atoms with E-state index in [4.69, 9.17) is 17.0 Å². The first-order valence-corrected chi connectivity index (χ1v) is 8.14. The molecule has 0 saturated heterocycles. The summed E-state index contributed by atoms with van der Waals surface area (Å²) in [5.41, 5.74) is 2.02. The van der Waals surface area contributed by atoms with Crippen molar-refractivity contribution in [3.8, 4) is 5.75 Å². The fourth-order valence-corrected chi connectivity index (χ4v) is 2.70. The van der Waals surface area contributed by atoms with E-state index in [-0.39, 0.29) is 5.25 Å². The van der Waals surface area contributed by atoms with Gasteiger partial charge in [0.1, 0.15) is 5.75 Å². The number of hydrogen-bond donors (Lipinski definition) is 1. The summed E-state index contributed by atoms with van der Waals surface area (Å²) in [5, 5.41) is 0.164. The summed E-state index contributed by atoms with van der Waals surface area (Å²) in [7, 11) is 0.847. The normalized spacial score (nSPS) is 14.5. The van der Waals surface area contributed by atoms with Gasteiger partial charge in [-0.1, -0.05) is 6.92 Å². The predicted molar refractivity (Wildman–Crippen MR) is 81.8 cm³/mol. The Labute approximate surface area is 120 Å². The van der Waals surface area contributed by atoms with Crippen LogP contribution in [0.25, 0.3) is 11.0 Å². The molecule has 2 aromatic rings. The van der Waals surface area contributed by atoms with Crippen LogP contribution >= 0.6 is 12.2 Å². The van der Waals surface area contributed by atoms with Crippen molar-refractivity contribution in [2.45, 2.75) is 25.1 Å². The molecular formula is C13H18N2O2S2. The van der Waals surface area contributed by atoms with Crippen LogP contribution in [0.4, 0.5) is 0 Å². The van der Waals surface area contributed by atoms with Crippen LogP contribution in [0.3, 0.4) is 0 Å². The molecule has 0 saturated carbocycles. The van der Waals surface area contributed by atoms with E-state index in [0.29, 0.717) is 4.77 Å². The number of rotatable bonds is 5. The Morgan fingerprint density at radius 3 is 2.89 bits per heavy atom. The molecule has 0 spiro atoms. The molecule has 0 aliphatic rings. The summed E-state index contributed by atoms with van der Waals surface area (Å²) in [5.74, 6) is 0.808. The molecule has 1 heterocycles. The molecule has 0 fully saturated rings. The average Bonchev–Trinajstić information content (AvgIpc) is 2.70. The van der Waals surface area contributed by atoms with E-state index in [1.165, 1.54) is 0 Å². The van der Waals surface area contributed by atoms with Gasteiger partial charge in [-0.2, -0.15) is 0 Å². The van der Waals surface area contributed by atoms with Crippen molar-refractivity contribution in [1.82, 2.24) is 9.55 Å². The lowest BCUT2D eigenvalue weighted by Crippen LogP contribution is -2.12. The highest BCUT2D eigenvalue weighted by Crippen LogP contribution is 2.21. The smallest absolute Gasteiger partial charge is 0.178 e. The summed E-state index contributed by atoms with van der Waals surface area (Å²) in [4.78, 5) is 3.18. The Bertz CT molecular complexity index is 660. The van der Waals surface area contributed by atoms with Crippen LogP contribution in [0, 0.1) is 4.77 Å². The molecule has 0 bridgehead atoms. The number of aryl methyl sites for hydroxylation is 1. The quantitative estimate of drug-likeness (QED) is 0.863. The monoisotopic (exact) mass is 298 g/mol. The van der Waals surface area contributed by atoms with Gasteiger partial charge in [0, 0.05) is 34.9 Å². The van der Waals surface area contributed by atoms with E-state index in [9.17, 15) is 4.21 Å². The van der Waals surface area contributed by atoms with Gasteiger partial charge in [0.05, 0.1) is 18.1 Å². The van der Waals surface area contributed by atoms with Gasteiger partial charge in [0.2, 0.25) is 0 Å². The summed E-state index contributed by atoms with van der Waals surface area (Å²) >= 11 is 5.34. The summed E-state index contributed by atoms with van der Waals surface area (Å²) in [6.45, 7) is 2.75. The topological polar surface area (TPSA) is 47.0 Å². The lowest BCUT2D eigenvalue weighted by atomic mass is 10.3. The number of fused-ring (bicyclic) bond motifs is 1. The summed E-state index contributed by atoms with van der Waals surface area (Å²) < 4.78 is 19.4. The maximum absolute atomic E-state index is 11.4. The molecule has 0 aliphatic carbocycles. The van der Waals surface area contributed by atoms with Gasteiger partial charge in [0.25, 0.3) is 0 Å². The molecule has 1 aromatic heterocycles. The molecular weight excluding hydrogens is 280 g/mol. The second-order valence-electron chi connectivity index (χ2n) is 4.56. The van der Waals surface area contributed by atoms with Gasteiger partial charge in [-0.15, -0.1) is 0 Å². The minimum absolute atomic E-state index is 0.164. The van der Waals surface area contributed by atoms with E-state index in [1.807, 2.05) is 29.7 Å². The van der Waals surface area contributed by atoms with Crippen LogP contribution in [0.5, 0.6) is 5.75 Å². The third-order valence-corrected chi connectivity index (χ3v) is 5.00. The Hall–Kier alpha value is -1.14. The molecule has 0 radical (unpaired) electrons. The third-order valence-electron chi connectivity index (χ3n) is 3.31. The van der Waals surface area contributed by atoms with Crippen molar-refractivity contribution in [3.63, 3.8) is 0 Å². The Balaban J connectivity index is 2.33. The number of nitrogens with one attached hydrogen (secondary N) is 1.